The van der Waals surface area contributed by atoms with Gasteiger partial charge in [0.2, 0.25) is 0 Å². The van der Waals surface area contributed by atoms with Gasteiger partial charge in [0.05, 0.1) is 11.4 Å². The summed E-state index contributed by atoms with van der Waals surface area (Å²) >= 11 is 3.52. The van der Waals surface area contributed by atoms with Gasteiger partial charge >= 0.3 is 0 Å². The number of nitrogens with zero attached hydrogens (tertiary/aromatic N) is 2. The maximum atomic E-state index is 6.02. The van der Waals surface area contributed by atoms with E-state index in [0.29, 0.717) is 13.2 Å². The first kappa shape index (κ1) is 30.1. The summed E-state index contributed by atoms with van der Waals surface area (Å²) in [5, 5.41) is 0. The summed E-state index contributed by atoms with van der Waals surface area (Å²) in [5.74, 6) is 1.88. The van der Waals surface area contributed by atoms with Gasteiger partial charge in [0.15, 0.2) is 0 Å². The van der Waals surface area contributed by atoms with Gasteiger partial charge in [0.1, 0.15) is 24.7 Å². The lowest BCUT2D eigenvalue weighted by Crippen LogP contribution is -2.22. The molecule has 0 atom stereocenters. The lowest BCUT2D eigenvalue weighted by molar-refractivity contribution is 0.306. The van der Waals surface area contributed by atoms with E-state index in [-0.39, 0.29) is 0 Å². The van der Waals surface area contributed by atoms with Crippen molar-refractivity contribution < 1.29 is 9.47 Å². The zero-order valence-electron chi connectivity index (χ0n) is 23.6. The van der Waals surface area contributed by atoms with Crippen LogP contribution in [0.2, 0.25) is 0 Å². The normalized spacial score (nSPS) is 10.3. The summed E-state index contributed by atoms with van der Waals surface area (Å²) in [6, 6.07) is 34.9. The average Bonchev–Trinajstić information content (AvgIpc) is 2.99. The first-order valence-electron chi connectivity index (χ1n) is 13.8. The van der Waals surface area contributed by atoms with Crippen molar-refractivity contribution >= 4 is 27.3 Å². The molecule has 0 radical (unpaired) electrons. The highest BCUT2D eigenvalue weighted by Gasteiger charge is 2.11. The van der Waals surface area contributed by atoms with Crippen molar-refractivity contribution in [2.24, 2.45) is 0 Å². The highest BCUT2D eigenvalue weighted by molar-refractivity contribution is 9.10. The zero-order chi connectivity index (χ0) is 27.9. The van der Waals surface area contributed by atoms with Crippen molar-refractivity contribution in [1.82, 2.24) is 0 Å². The van der Waals surface area contributed by atoms with Crippen LogP contribution in [0.25, 0.3) is 0 Å². The number of para-hydroxylation sites is 2. The van der Waals surface area contributed by atoms with Gasteiger partial charge in [-0.25, -0.2) is 0 Å². The van der Waals surface area contributed by atoms with Crippen LogP contribution in [0.3, 0.4) is 0 Å². The molecule has 0 aromatic heterocycles. The molecule has 0 saturated heterocycles. The third kappa shape index (κ3) is 9.36. The van der Waals surface area contributed by atoms with Gasteiger partial charge in [0, 0.05) is 30.7 Å². The number of ether oxygens (including phenoxy) is 2. The summed E-state index contributed by atoms with van der Waals surface area (Å²) in [7, 11) is 0. The molecule has 0 unspecified atom stereocenters. The Kier molecular flexibility index (Phi) is 12.7. The van der Waals surface area contributed by atoms with Crippen LogP contribution >= 0.6 is 15.9 Å². The van der Waals surface area contributed by atoms with Crippen molar-refractivity contribution in [2.45, 2.75) is 40.9 Å². The second-order valence-electron chi connectivity index (χ2n) is 8.97. The molecule has 4 rings (SSSR count). The van der Waals surface area contributed by atoms with Gasteiger partial charge in [-0.15, -0.1) is 0 Å². The molecule has 0 N–H and O–H groups in total. The smallest absolute Gasteiger partial charge is 0.144 e. The molecular weight excluding hydrogens is 548 g/mol. The Morgan fingerprint density at radius 3 is 1.46 bits per heavy atom. The largest absolute Gasteiger partial charge is 0.487 e. The molecule has 4 aromatic carbocycles. The minimum Gasteiger partial charge on any atom is -0.487 e. The van der Waals surface area contributed by atoms with Crippen LogP contribution < -0.4 is 19.3 Å². The van der Waals surface area contributed by atoms with Crippen LogP contribution in [0.1, 0.15) is 38.8 Å². The summed E-state index contributed by atoms with van der Waals surface area (Å²) in [4.78, 5) is 4.60. The van der Waals surface area contributed by atoms with Crippen molar-refractivity contribution in [3.8, 4) is 11.5 Å². The highest BCUT2D eigenvalue weighted by atomic mass is 79.9. The van der Waals surface area contributed by atoms with E-state index < -0.39 is 0 Å². The van der Waals surface area contributed by atoms with Crippen molar-refractivity contribution in [2.75, 3.05) is 36.0 Å². The number of rotatable bonds is 12. The predicted molar refractivity (Wildman–Crippen MR) is 169 cm³/mol. The maximum Gasteiger partial charge on any atom is 0.144 e. The van der Waals surface area contributed by atoms with E-state index in [4.69, 9.17) is 9.47 Å². The third-order valence-corrected chi connectivity index (χ3v) is 6.96. The molecule has 0 bridgehead atoms. The van der Waals surface area contributed by atoms with E-state index in [1.165, 1.54) is 16.8 Å². The van der Waals surface area contributed by atoms with Gasteiger partial charge in [-0.05, 0) is 69.2 Å². The van der Waals surface area contributed by atoms with E-state index in [1.54, 1.807) is 0 Å². The van der Waals surface area contributed by atoms with E-state index in [1.807, 2.05) is 54.6 Å². The number of hydrogen-bond donors (Lipinski definition) is 0. The minimum atomic E-state index is 0.589. The molecule has 4 aromatic rings. The van der Waals surface area contributed by atoms with Gasteiger partial charge in [-0.2, -0.15) is 0 Å². The van der Waals surface area contributed by atoms with Crippen LogP contribution in [0.5, 0.6) is 11.5 Å². The van der Waals surface area contributed by atoms with Crippen LogP contribution in [-0.4, -0.2) is 26.2 Å². The number of hydrogen-bond acceptors (Lipinski definition) is 4. The van der Waals surface area contributed by atoms with E-state index in [0.717, 1.165) is 47.8 Å². The summed E-state index contributed by atoms with van der Waals surface area (Å²) in [6.45, 7) is 13.8. The average molecular weight is 590 g/mol. The van der Waals surface area contributed by atoms with Gasteiger partial charge < -0.3 is 19.3 Å². The zero-order valence-corrected chi connectivity index (χ0v) is 25.2. The van der Waals surface area contributed by atoms with Crippen LogP contribution in [0.4, 0.5) is 11.4 Å². The Hall–Kier alpha value is -3.44. The summed E-state index contributed by atoms with van der Waals surface area (Å²) in [6.07, 6.45) is 0. The van der Waals surface area contributed by atoms with Crippen molar-refractivity contribution in [3.05, 3.63) is 119 Å². The number of benzene rings is 4. The van der Waals surface area contributed by atoms with Gasteiger partial charge in [-0.1, -0.05) is 88.7 Å². The topological polar surface area (TPSA) is 24.9 Å². The quantitative estimate of drug-likeness (QED) is 0.165. The Labute approximate surface area is 243 Å². The van der Waals surface area contributed by atoms with E-state index in [2.05, 4.69) is 102 Å². The monoisotopic (exact) mass is 588 g/mol. The molecular formula is C34H41BrN2O2. The fraction of sp³-hybridized carbons (Fsp3) is 0.294. The van der Waals surface area contributed by atoms with Gasteiger partial charge in [-0.3, -0.25) is 0 Å². The van der Waals surface area contributed by atoms with Crippen LogP contribution in [0.15, 0.2) is 108 Å². The van der Waals surface area contributed by atoms with Crippen LogP contribution in [0, 0.1) is 0 Å². The Balaban J connectivity index is 0.000000216. The fourth-order valence-corrected chi connectivity index (χ4v) is 4.64. The minimum absolute atomic E-state index is 0.589. The molecule has 0 saturated carbocycles. The molecule has 4 nitrogen and oxygen atoms in total. The third-order valence-electron chi connectivity index (χ3n) is 6.47. The highest BCUT2D eigenvalue weighted by Crippen LogP contribution is 2.32. The maximum absolute atomic E-state index is 6.02. The molecule has 0 fully saturated rings. The number of anilines is 2. The Bertz CT molecular complexity index is 1230. The molecule has 0 amide bonds. The fourth-order valence-electron chi connectivity index (χ4n) is 4.30. The summed E-state index contributed by atoms with van der Waals surface area (Å²) in [5.41, 5.74) is 4.69. The first-order chi connectivity index (χ1) is 19.1. The van der Waals surface area contributed by atoms with Crippen molar-refractivity contribution in [1.29, 1.82) is 0 Å². The SMILES string of the molecule is CCN(CC)c1ccc(Br)cc1OCc1ccccc1.CCN(CC)c1ccccc1OCc1ccccc1. The van der Waals surface area contributed by atoms with Crippen LogP contribution in [-0.2, 0) is 13.2 Å². The molecule has 5 heteroatoms. The van der Waals surface area contributed by atoms with Gasteiger partial charge in [0.25, 0.3) is 0 Å². The second kappa shape index (κ2) is 16.5. The Morgan fingerprint density at radius 2 is 0.949 bits per heavy atom. The molecule has 0 aliphatic heterocycles. The number of halogens is 1. The predicted octanol–water partition coefficient (Wildman–Crippen LogP) is 8.99. The molecule has 39 heavy (non-hydrogen) atoms. The molecule has 206 valence electrons. The molecule has 0 spiro atoms. The lowest BCUT2D eigenvalue weighted by atomic mass is 10.2. The molecule has 0 aliphatic carbocycles. The first-order valence-corrected chi connectivity index (χ1v) is 14.6. The van der Waals surface area contributed by atoms with Crippen molar-refractivity contribution in [3.63, 3.8) is 0 Å². The second-order valence-corrected chi connectivity index (χ2v) is 9.89. The standard InChI is InChI=1S/C17H20BrNO.C17H21NO/c1-3-19(4-2)16-11-10-15(18)12-17(16)20-13-14-8-6-5-7-9-14;1-3-18(4-2)16-12-8-9-13-17(16)19-14-15-10-6-5-7-11-15/h5-12H,3-4,13H2,1-2H3;5-13H,3-4,14H2,1-2H3. The van der Waals surface area contributed by atoms with E-state index in [9.17, 15) is 0 Å². The molecule has 0 aliphatic rings. The molecule has 0 heterocycles. The van der Waals surface area contributed by atoms with E-state index >= 15 is 0 Å². The lowest BCUT2D eigenvalue weighted by Gasteiger charge is -2.24. The summed E-state index contributed by atoms with van der Waals surface area (Å²) < 4.78 is 13.0. The Morgan fingerprint density at radius 1 is 0.513 bits per heavy atom.